The van der Waals surface area contributed by atoms with Gasteiger partial charge < -0.3 is 15.4 Å². The molecule has 162 valence electrons. The number of amides is 2. The molecule has 10 heteroatoms. The summed E-state index contributed by atoms with van der Waals surface area (Å²) >= 11 is 5.90. The Morgan fingerprint density at radius 3 is 2.75 bits per heavy atom. The lowest BCUT2D eigenvalue weighted by molar-refractivity contribution is 0.262. The number of ether oxygens (including phenoxy) is 1. The van der Waals surface area contributed by atoms with Crippen LogP contribution in [0.25, 0.3) is 5.65 Å². The minimum atomic E-state index is -0.764. The van der Waals surface area contributed by atoms with Gasteiger partial charge in [-0.25, -0.2) is 18.6 Å². The third-order valence-corrected chi connectivity index (χ3v) is 4.56. The number of nitrogens with one attached hydrogen (secondary N) is 2. The second-order valence-corrected chi connectivity index (χ2v) is 7.12. The molecule has 0 bridgehead atoms. The van der Waals surface area contributed by atoms with E-state index in [4.69, 9.17) is 16.3 Å². The average molecular weight is 457 g/mol. The van der Waals surface area contributed by atoms with Crippen molar-refractivity contribution in [3.63, 3.8) is 0 Å². The Labute approximate surface area is 185 Å². The monoisotopic (exact) mass is 456 g/mol. The van der Waals surface area contributed by atoms with Crippen molar-refractivity contribution >= 4 is 34.7 Å². The predicted molar refractivity (Wildman–Crippen MR) is 116 cm³/mol. The van der Waals surface area contributed by atoms with E-state index in [0.29, 0.717) is 27.8 Å². The van der Waals surface area contributed by atoms with Gasteiger partial charge in [-0.15, -0.1) is 0 Å². The van der Waals surface area contributed by atoms with Crippen LogP contribution in [-0.2, 0) is 6.61 Å². The Kier molecular flexibility index (Phi) is 6.00. The Balaban J connectivity index is 1.42. The van der Waals surface area contributed by atoms with Crippen molar-refractivity contribution in [1.82, 2.24) is 9.38 Å². The lowest BCUT2D eigenvalue weighted by atomic mass is 10.3. The molecule has 0 atom stereocenters. The van der Waals surface area contributed by atoms with Crippen LogP contribution in [0, 0.1) is 11.6 Å². The number of carbonyl (C=O) groups is 1. The molecule has 32 heavy (non-hydrogen) atoms. The van der Waals surface area contributed by atoms with Crippen LogP contribution >= 0.6 is 11.6 Å². The molecule has 0 saturated carbocycles. The number of benzene rings is 2. The third kappa shape index (κ3) is 5.01. The number of aromatic nitrogens is 2. The average Bonchev–Trinajstić information content (AvgIpc) is 2.75. The van der Waals surface area contributed by atoms with Gasteiger partial charge in [-0.2, -0.15) is 0 Å². The Morgan fingerprint density at radius 1 is 1.06 bits per heavy atom. The summed E-state index contributed by atoms with van der Waals surface area (Å²) in [6.07, 6.45) is 1.48. The minimum Gasteiger partial charge on any atom is -0.487 e. The summed E-state index contributed by atoms with van der Waals surface area (Å²) in [5, 5.41) is 5.17. The van der Waals surface area contributed by atoms with Crippen LogP contribution in [0.15, 0.2) is 71.7 Å². The molecule has 4 aromatic rings. The fourth-order valence-electron chi connectivity index (χ4n) is 2.90. The lowest BCUT2D eigenvalue weighted by Crippen LogP contribution is -2.20. The molecule has 0 fully saturated rings. The van der Waals surface area contributed by atoms with E-state index >= 15 is 0 Å². The first-order valence-electron chi connectivity index (χ1n) is 9.31. The van der Waals surface area contributed by atoms with Gasteiger partial charge in [0.1, 0.15) is 29.6 Å². The van der Waals surface area contributed by atoms with Gasteiger partial charge in [-0.05, 0) is 36.4 Å². The largest absolute Gasteiger partial charge is 0.487 e. The van der Waals surface area contributed by atoms with Crippen molar-refractivity contribution in [3.8, 4) is 5.75 Å². The molecule has 0 saturated heterocycles. The van der Waals surface area contributed by atoms with Crippen LogP contribution in [0.4, 0.5) is 25.0 Å². The molecule has 0 radical (unpaired) electrons. The van der Waals surface area contributed by atoms with Gasteiger partial charge >= 0.3 is 6.03 Å². The maximum absolute atomic E-state index is 13.7. The second kappa shape index (κ2) is 9.03. The first-order valence-corrected chi connectivity index (χ1v) is 9.69. The Morgan fingerprint density at radius 2 is 1.91 bits per heavy atom. The second-order valence-electron chi connectivity index (χ2n) is 6.68. The number of hydrogen-bond donors (Lipinski definition) is 2. The summed E-state index contributed by atoms with van der Waals surface area (Å²) < 4.78 is 33.9. The van der Waals surface area contributed by atoms with E-state index < -0.39 is 17.7 Å². The molecule has 0 aliphatic rings. The van der Waals surface area contributed by atoms with Gasteiger partial charge in [-0.1, -0.05) is 17.7 Å². The maximum atomic E-state index is 13.7. The van der Waals surface area contributed by atoms with Crippen LogP contribution in [0.1, 0.15) is 5.69 Å². The molecule has 0 aliphatic heterocycles. The summed E-state index contributed by atoms with van der Waals surface area (Å²) in [5.74, 6) is -1.04. The minimum absolute atomic E-state index is 0.0124. The number of urea groups is 1. The van der Waals surface area contributed by atoms with Gasteiger partial charge in [0.25, 0.3) is 5.56 Å². The summed E-state index contributed by atoms with van der Waals surface area (Å²) in [6, 6.07) is 13.0. The molecule has 2 aromatic heterocycles. The molecule has 2 aromatic carbocycles. The fraction of sp³-hybridized carbons (Fsp3) is 0.0455. The van der Waals surface area contributed by atoms with Crippen LogP contribution in [0.5, 0.6) is 5.75 Å². The number of pyridine rings is 1. The zero-order chi connectivity index (χ0) is 22.7. The zero-order valence-corrected chi connectivity index (χ0v) is 17.1. The zero-order valence-electron chi connectivity index (χ0n) is 16.3. The first-order chi connectivity index (χ1) is 15.4. The predicted octanol–water partition coefficient (Wildman–Crippen LogP) is 4.85. The van der Waals surface area contributed by atoms with Crippen molar-refractivity contribution in [2.24, 2.45) is 0 Å². The number of carbonyl (C=O) groups excluding carboxylic acids is 1. The van der Waals surface area contributed by atoms with Crippen LogP contribution < -0.4 is 20.9 Å². The maximum Gasteiger partial charge on any atom is 0.323 e. The van der Waals surface area contributed by atoms with E-state index in [1.807, 2.05) is 0 Å². The molecule has 7 nitrogen and oxygen atoms in total. The summed E-state index contributed by atoms with van der Waals surface area (Å²) in [6.45, 7) is 0.0124. The van der Waals surface area contributed by atoms with E-state index in [9.17, 15) is 18.4 Å². The fourth-order valence-corrected chi connectivity index (χ4v) is 3.06. The Hall–Kier alpha value is -3.98. The molecule has 2 heterocycles. The van der Waals surface area contributed by atoms with Crippen molar-refractivity contribution in [2.75, 3.05) is 10.6 Å². The highest BCUT2D eigenvalue weighted by Gasteiger charge is 2.09. The highest BCUT2D eigenvalue weighted by atomic mass is 35.5. The van der Waals surface area contributed by atoms with Crippen LogP contribution in [-0.4, -0.2) is 15.4 Å². The SMILES string of the molecule is O=C(Nc1cccc(OCc2cc(=O)n3cc(Cl)ccc3n2)c1)Nc1cc(F)ccc1F. The van der Waals surface area contributed by atoms with Crippen molar-refractivity contribution in [1.29, 1.82) is 0 Å². The molecule has 0 spiro atoms. The lowest BCUT2D eigenvalue weighted by Gasteiger charge is -2.11. The summed E-state index contributed by atoms with van der Waals surface area (Å²) in [4.78, 5) is 28.7. The van der Waals surface area contributed by atoms with E-state index in [-0.39, 0.29) is 17.9 Å². The molecule has 2 amide bonds. The number of halogens is 3. The third-order valence-electron chi connectivity index (χ3n) is 4.33. The number of anilines is 2. The van der Waals surface area contributed by atoms with Gasteiger partial charge in [0.15, 0.2) is 0 Å². The normalized spacial score (nSPS) is 10.7. The van der Waals surface area contributed by atoms with E-state index in [1.54, 1.807) is 30.3 Å². The number of rotatable bonds is 5. The van der Waals surface area contributed by atoms with Gasteiger partial charge in [0.05, 0.1) is 16.4 Å². The molecule has 2 N–H and O–H groups in total. The standard InChI is InChI=1S/C22H15ClF2N4O3/c23-13-4-7-20-26-16(10-21(30)29(20)11-13)12-32-17-3-1-2-15(9-17)27-22(31)28-19-8-14(24)5-6-18(19)25/h1-11H,12H2,(H2,27,28,31). The van der Waals surface area contributed by atoms with Crippen molar-refractivity contribution < 1.29 is 18.3 Å². The van der Waals surface area contributed by atoms with Crippen LogP contribution in [0.3, 0.4) is 0 Å². The molecule has 0 unspecified atom stereocenters. The summed E-state index contributed by atoms with van der Waals surface area (Å²) in [7, 11) is 0. The highest BCUT2D eigenvalue weighted by molar-refractivity contribution is 6.30. The van der Waals surface area contributed by atoms with E-state index in [0.717, 1.165) is 18.2 Å². The molecular formula is C22H15ClF2N4O3. The quantitative estimate of drug-likeness (QED) is 0.449. The smallest absolute Gasteiger partial charge is 0.323 e. The van der Waals surface area contributed by atoms with E-state index in [2.05, 4.69) is 15.6 Å². The molecular weight excluding hydrogens is 442 g/mol. The van der Waals surface area contributed by atoms with Crippen molar-refractivity contribution in [2.45, 2.75) is 6.61 Å². The topological polar surface area (TPSA) is 84.7 Å². The van der Waals surface area contributed by atoms with Crippen LogP contribution in [0.2, 0.25) is 5.02 Å². The van der Waals surface area contributed by atoms with E-state index in [1.165, 1.54) is 22.7 Å². The molecule has 4 rings (SSSR count). The number of hydrogen-bond acceptors (Lipinski definition) is 4. The highest BCUT2D eigenvalue weighted by Crippen LogP contribution is 2.20. The Bertz CT molecular complexity index is 1380. The summed E-state index contributed by atoms with van der Waals surface area (Å²) in [5.41, 5.74) is 0.614. The van der Waals surface area contributed by atoms with Gasteiger partial charge in [0, 0.05) is 30.1 Å². The van der Waals surface area contributed by atoms with Gasteiger partial charge in [0.2, 0.25) is 0 Å². The first kappa shape index (κ1) is 21.3. The number of nitrogens with zero attached hydrogens (tertiary/aromatic N) is 2. The number of fused-ring (bicyclic) bond motifs is 1. The molecule has 0 aliphatic carbocycles. The van der Waals surface area contributed by atoms with Crippen molar-refractivity contribution in [3.05, 3.63) is 99.6 Å². The van der Waals surface area contributed by atoms with Gasteiger partial charge in [-0.3, -0.25) is 9.20 Å².